The first-order chi connectivity index (χ1) is 26.6. The van der Waals surface area contributed by atoms with Crippen molar-refractivity contribution in [2.75, 3.05) is 36.4 Å². The molecule has 15 nitrogen and oxygen atoms in total. The van der Waals surface area contributed by atoms with Crippen LogP contribution in [-0.2, 0) is 26.2 Å². The summed E-state index contributed by atoms with van der Waals surface area (Å²) in [5.41, 5.74) is 2.91. The lowest BCUT2D eigenvalue weighted by Crippen LogP contribution is -2.54. The first-order valence-corrected chi connectivity index (χ1v) is 20.5. The van der Waals surface area contributed by atoms with Crippen molar-refractivity contribution < 1.29 is 27.5 Å². The number of pyridine rings is 1. The smallest absolute Gasteiger partial charge is 0.255 e. The van der Waals surface area contributed by atoms with E-state index in [0.717, 1.165) is 42.3 Å². The van der Waals surface area contributed by atoms with Crippen LogP contribution in [0.1, 0.15) is 73.3 Å². The Hall–Kier alpha value is -5.35. The van der Waals surface area contributed by atoms with Crippen molar-refractivity contribution in [3.05, 3.63) is 82.3 Å². The van der Waals surface area contributed by atoms with E-state index >= 15 is 0 Å². The second-order valence-corrected chi connectivity index (χ2v) is 17.1. The van der Waals surface area contributed by atoms with Crippen LogP contribution in [0.3, 0.4) is 0 Å². The summed E-state index contributed by atoms with van der Waals surface area (Å²) >= 11 is 0. The van der Waals surface area contributed by atoms with Crippen LogP contribution in [-0.4, -0.2) is 94.2 Å². The molecule has 3 saturated heterocycles. The van der Waals surface area contributed by atoms with Crippen LogP contribution in [0.5, 0.6) is 5.75 Å². The summed E-state index contributed by atoms with van der Waals surface area (Å²) in [7, 11) is -3.76. The first kappa shape index (κ1) is 35.4. The number of fused-ring (bicyclic) bond motifs is 2. The lowest BCUT2D eigenvalue weighted by atomic mass is 10.0. The van der Waals surface area contributed by atoms with E-state index in [4.69, 9.17) is 9.72 Å². The molecular formula is C39H42N8O7S. The number of ether oxygens (including phenoxy) is 1. The van der Waals surface area contributed by atoms with Crippen LogP contribution in [0, 0.1) is 0 Å². The highest BCUT2D eigenvalue weighted by Gasteiger charge is 2.40. The number of piperidine rings is 2. The molecule has 0 bridgehead atoms. The Morgan fingerprint density at radius 2 is 1.69 bits per heavy atom. The third-order valence-electron chi connectivity index (χ3n) is 11.6. The quantitative estimate of drug-likeness (QED) is 0.240. The average Bonchev–Trinajstić information content (AvgIpc) is 3.81. The van der Waals surface area contributed by atoms with Crippen LogP contribution in [0.2, 0.25) is 0 Å². The molecule has 55 heavy (non-hydrogen) atoms. The predicted molar refractivity (Wildman–Crippen MR) is 202 cm³/mol. The minimum absolute atomic E-state index is 0.0223. The van der Waals surface area contributed by atoms with E-state index in [0.29, 0.717) is 74.9 Å². The van der Waals surface area contributed by atoms with Crippen LogP contribution >= 0.6 is 0 Å². The average molecular weight is 767 g/mol. The summed E-state index contributed by atoms with van der Waals surface area (Å²) in [6, 6.07) is 15.1. The number of aromatic nitrogens is 3. The number of rotatable bonds is 9. The third kappa shape index (κ3) is 6.71. The molecule has 1 aliphatic carbocycles. The molecule has 0 spiro atoms. The lowest BCUT2D eigenvalue weighted by Gasteiger charge is -2.41. The van der Waals surface area contributed by atoms with Crippen molar-refractivity contribution in [1.29, 1.82) is 0 Å². The standard InChI is InChI=1S/C39H42N8O7S/c48-34-12-11-33(37(50)42-34)46-21-25-18-28(9-10-32(25)38(46)51)44-22-30(23-44)54-29-6-3-7-31(19-29)55(52,53)45-16-14-26(15-17-45)41-39-40-20-24-8-13-35(49)47(36(24)43-39)27-4-1-2-5-27/h3,6-10,13,18-20,26-27,30,33H,1-2,4-5,11-12,14-17,21-23H2,(H,40,41,43)(H,42,48,50). The Morgan fingerprint density at radius 1 is 0.891 bits per heavy atom. The maximum atomic E-state index is 13.7. The molecule has 0 radical (unpaired) electrons. The second-order valence-electron chi connectivity index (χ2n) is 15.1. The molecule has 1 saturated carbocycles. The van der Waals surface area contributed by atoms with Gasteiger partial charge in [0.05, 0.1) is 18.0 Å². The van der Waals surface area contributed by atoms with E-state index in [1.807, 2.05) is 16.7 Å². The van der Waals surface area contributed by atoms with Gasteiger partial charge in [-0.2, -0.15) is 9.29 Å². The second kappa shape index (κ2) is 14.1. The van der Waals surface area contributed by atoms with Gasteiger partial charge < -0.3 is 19.9 Å². The van der Waals surface area contributed by atoms with Gasteiger partial charge in [0, 0.05) is 73.1 Å². The predicted octanol–water partition coefficient (Wildman–Crippen LogP) is 3.20. The van der Waals surface area contributed by atoms with Gasteiger partial charge in [-0.05, 0) is 74.1 Å². The van der Waals surface area contributed by atoms with Gasteiger partial charge in [0.25, 0.3) is 11.5 Å². The van der Waals surface area contributed by atoms with Crippen molar-refractivity contribution in [3.63, 3.8) is 0 Å². The van der Waals surface area contributed by atoms with Crippen LogP contribution in [0.4, 0.5) is 11.6 Å². The number of nitrogens with zero attached hydrogens (tertiary/aromatic N) is 6. The van der Waals surface area contributed by atoms with Crippen molar-refractivity contribution >= 4 is 50.4 Å². The maximum Gasteiger partial charge on any atom is 0.255 e. The topological polar surface area (TPSA) is 176 Å². The molecule has 4 aromatic rings. The van der Waals surface area contributed by atoms with Gasteiger partial charge in [-0.15, -0.1) is 0 Å². The number of imide groups is 1. The van der Waals surface area contributed by atoms with Gasteiger partial charge in [-0.25, -0.2) is 13.4 Å². The summed E-state index contributed by atoms with van der Waals surface area (Å²) in [6.07, 6.45) is 7.38. The monoisotopic (exact) mass is 766 g/mol. The molecule has 3 amide bonds. The highest BCUT2D eigenvalue weighted by molar-refractivity contribution is 7.89. The summed E-state index contributed by atoms with van der Waals surface area (Å²) < 4.78 is 37.0. The molecule has 6 heterocycles. The Balaban J connectivity index is 0.792. The van der Waals surface area contributed by atoms with Gasteiger partial charge in [0.1, 0.15) is 23.5 Å². The Bertz CT molecular complexity index is 2370. The number of hydrogen-bond acceptors (Lipinski definition) is 11. The Kier molecular flexibility index (Phi) is 9.04. The van der Waals surface area contributed by atoms with Crippen molar-refractivity contribution in [3.8, 4) is 5.75 Å². The summed E-state index contributed by atoms with van der Waals surface area (Å²) in [5, 5.41) is 6.54. The molecule has 5 aliphatic rings. The molecule has 2 N–H and O–H groups in total. The minimum Gasteiger partial charge on any atom is -0.487 e. The van der Waals surface area contributed by atoms with Gasteiger partial charge in [-0.3, -0.25) is 29.1 Å². The number of sulfonamides is 1. The number of amides is 3. The first-order valence-electron chi connectivity index (χ1n) is 19.0. The fourth-order valence-electron chi connectivity index (χ4n) is 8.58. The molecule has 4 fully saturated rings. The zero-order valence-electron chi connectivity index (χ0n) is 30.2. The summed E-state index contributed by atoms with van der Waals surface area (Å²) in [6.45, 7) is 2.14. The number of anilines is 2. The van der Waals surface area contributed by atoms with E-state index in [1.54, 1.807) is 48.7 Å². The Morgan fingerprint density at radius 3 is 2.47 bits per heavy atom. The van der Waals surface area contributed by atoms with Crippen LogP contribution < -0.4 is 25.8 Å². The maximum absolute atomic E-state index is 13.7. The third-order valence-corrected chi connectivity index (χ3v) is 13.5. The van der Waals surface area contributed by atoms with Gasteiger partial charge in [0.2, 0.25) is 27.8 Å². The Labute approximate surface area is 317 Å². The number of carbonyl (C=O) groups excluding carboxylic acids is 3. The molecule has 2 aromatic carbocycles. The van der Waals surface area contributed by atoms with Crippen molar-refractivity contribution in [2.45, 2.75) is 87.0 Å². The van der Waals surface area contributed by atoms with Crippen LogP contribution in [0.25, 0.3) is 11.0 Å². The highest BCUT2D eigenvalue weighted by atomic mass is 32.2. The van der Waals surface area contributed by atoms with Gasteiger partial charge in [0.15, 0.2) is 0 Å². The van der Waals surface area contributed by atoms with Gasteiger partial charge >= 0.3 is 0 Å². The van der Waals surface area contributed by atoms with Crippen LogP contribution in [0.15, 0.2) is 70.5 Å². The van der Waals surface area contributed by atoms with E-state index in [9.17, 15) is 27.6 Å². The zero-order valence-corrected chi connectivity index (χ0v) is 31.0. The van der Waals surface area contributed by atoms with E-state index in [-0.39, 0.29) is 46.9 Å². The highest BCUT2D eigenvalue weighted by Crippen LogP contribution is 2.34. The van der Waals surface area contributed by atoms with Crippen molar-refractivity contribution in [2.24, 2.45) is 0 Å². The molecule has 16 heteroatoms. The number of benzene rings is 2. The number of hydrogen-bond donors (Lipinski definition) is 2. The normalized spacial score (nSPS) is 21.5. The lowest BCUT2D eigenvalue weighted by molar-refractivity contribution is -0.136. The molecule has 1 unspecified atom stereocenters. The number of carbonyl (C=O) groups is 3. The molecule has 2 aromatic heterocycles. The SMILES string of the molecule is O=C1CCC(N2Cc3cc(N4CC(Oc5cccc(S(=O)(=O)N6CCC(Nc7ncc8ccc(=O)n(C9CCCC9)c8n7)CC6)c5)C4)ccc3C2=O)C(=O)N1. The molecule has 1 atom stereocenters. The fourth-order valence-corrected chi connectivity index (χ4v) is 10.1. The van der Waals surface area contributed by atoms with E-state index in [2.05, 4.69) is 20.5 Å². The van der Waals surface area contributed by atoms with E-state index in [1.165, 1.54) is 9.21 Å². The molecule has 4 aliphatic heterocycles. The van der Waals surface area contributed by atoms with E-state index < -0.39 is 22.0 Å². The minimum atomic E-state index is -3.76. The number of nitrogens with one attached hydrogen (secondary N) is 2. The zero-order chi connectivity index (χ0) is 37.8. The van der Waals surface area contributed by atoms with Gasteiger partial charge in [-0.1, -0.05) is 18.9 Å². The fraction of sp³-hybridized carbons (Fsp3) is 0.436. The molecule has 9 rings (SSSR count). The molecule has 286 valence electrons. The van der Waals surface area contributed by atoms with Crippen molar-refractivity contribution in [1.82, 2.24) is 29.1 Å². The molecular weight excluding hydrogens is 725 g/mol. The summed E-state index contributed by atoms with van der Waals surface area (Å²) in [4.78, 5) is 63.0. The largest absolute Gasteiger partial charge is 0.487 e. The summed E-state index contributed by atoms with van der Waals surface area (Å²) in [5.74, 6) is -0.0429.